The van der Waals surface area contributed by atoms with Crippen molar-refractivity contribution in [1.82, 2.24) is 5.32 Å². The summed E-state index contributed by atoms with van der Waals surface area (Å²) in [4.78, 5) is 0. The average molecular weight is 246 g/mol. The van der Waals surface area contributed by atoms with Gasteiger partial charge in [0.1, 0.15) is 0 Å². The zero-order chi connectivity index (χ0) is 12.8. The molecule has 0 aromatic heterocycles. The van der Waals surface area contributed by atoms with E-state index in [9.17, 15) is 0 Å². The summed E-state index contributed by atoms with van der Waals surface area (Å²) in [6.45, 7) is 3.38. The van der Waals surface area contributed by atoms with Crippen molar-refractivity contribution >= 4 is 0 Å². The van der Waals surface area contributed by atoms with Gasteiger partial charge in [-0.1, -0.05) is 44.0 Å². The van der Waals surface area contributed by atoms with Crippen LogP contribution < -0.4 is 11.1 Å². The van der Waals surface area contributed by atoms with Crippen molar-refractivity contribution in [1.29, 1.82) is 0 Å². The van der Waals surface area contributed by atoms with Gasteiger partial charge in [0.15, 0.2) is 0 Å². The van der Waals surface area contributed by atoms with E-state index in [2.05, 4.69) is 36.5 Å². The van der Waals surface area contributed by atoms with Crippen molar-refractivity contribution in [2.75, 3.05) is 6.54 Å². The zero-order valence-corrected chi connectivity index (χ0v) is 11.5. The summed E-state index contributed by atoms with van der Waals surface area (Å²) in [5.74, 6) is 0. The first-order valence-electron chi connectivity index (χ1n) is 7.37. The first-order valence-corrected chi connectivity index (χ1v) is 7.37. The Hall–Kier alpha value is -0.860. The second kappa shape index (κ2) is 6.91. The smallest absolute Gasteiger partial charge is 0.0309 e. The fourth-order valence-electron chi connectivity index (χ4n) is 2.79. The molecule has 1 aliphatic rings. The molecule has 1 heterocycles. The molecule has 100 valence electrons. The molecule has 2 nitrogen and oxygen atoms in total. The van der Waals surface area contributed by atoms with E-state index in [0.717, 1.165) is 13.0 Å². The minimum Gasteiger partial charge on any atom is -0.324 e. The highest BCUT2D eigenvalue weighted by Gasteiger charge is 2.16. The number of nitrogens with one attached hydrogen (secondary N) is 1. The highest BCUT2D eigenvalue weighted by atomic mass is 14.9. The molecule has 0 saturated carbocycles. The number of rotatable bonds is 5. The molecular weight excluding hydrogens is 220 g/mol. The summed E-state index contributed by atoms with van der Waals surface area (Å²) in [5, 5.41) is 3.57. The molecule has 2 heteroatoms. The Morgan fingerprint density at radius 3 is 2.67 bits per heavy atom. The Labute approximate surface area is 111 Å². The van der Waals surface area contributed by atoms with E-state index in [4.69, 9.17) is 5.73 Å². The van der Waals surface area contributed by atoms with Crippen molar-refractivity contribution in [2.24, 2.45) is 5.73 Å². The first kappa shape index (κ1) is 13.6. The van der Waals surface area contributed by atoms with Crippen LogP contribution in [0.25, 0.3) is 0 Å². The third-order valence-corrected chi connectivity index (χ3v) is 3.90. The number of nitrogens with two attached hydrogens (primary N) is 1. The number of hydrogen-bond acceptors (Lipinski definition) is 2. The molecular formula is C16H26N2. The van der Waals surface area contributed by atoms with Crippen molar-refractivity contribution in [3.05, 3.63) is 35.4 Å². The van der Waals surface area contributed by atoms with Gasteiger partial charge in [-0.25, -0.2) is 0 Å². The SMILES string of the molecule is CCCc1ccc(C(N)CC2CCCCN2)cc1. The highest BCUT2D eigenvalue weighted by molar-refractivity contribution is 5.25. The third-order valence-electron chi connectivity index (χ3n) is 3.90. The standard InChI is InChI=1S/C16H26N2/c1-2-5-13-7-9-14(10-8-13)16(17)12-15-6-3-4-11-18-15/h7-10,15-16,18H,2-6,11-12,17H2,1H3. The van der Waals surface area contributed by atoms with Crippen LogP contribution in [0.4, 0.5) is 0 Å². The summed E-state index contributed by atoms with van der Waals surface area (Å²) in [5.41, 5.74) is 9.01. The molecule has 0 aliphatic carbocycles. The molecule has 0 radical (unpaired) electrons. The van der Waals surface area contributed by atoms with Gasteiger partial charge in [0, 0.05) is 12.1 Å². The van der Waals surface area contributed by atoms with Gasteiger partial charge in [-0.05, 0) is 43.4 Å². The highest BCUT2D eigenvalue weighted by Crippen LogP contribution is 2.20. The van der Waals surface area contributed by atoms with Crippen LogP contribution in [0.5, 0.6) is 0 Å². The fourth-order valence-corrected chi connectivity index (χ4v) is 2.79. The van der Waals surface area contributed by atoms with Crippen LogP contribution in [0.1, 0.15) is 56.2 Å². The lowest BCUT2D eigenvalue weighted by atomic mass is 9.94. The number of aryl methyl sites for hydroxylation is 1. The molecule has 2 rings (SSSR count). The van der Waals surface area contributed by atoms with Crippen molar-refractivity contribution in [2.45, 2.75) is 57.5 Å². The van der Waals surface area contributed by atoms with Gasteiger partial charge < -0.3 is 11.1 Å². The minimum absolute atomic E-state index is 0.177. The van der Waals surface area contributed by atoms with E-state index in [-0.39, 0.29) is 6.04 Å². The molecule has 1 aromatic rings. The van der Waals surface area contributed by atoms with Crippen LogP contribution in [-0.2, 0) is 6.42 Å². The van der Waals surface area contributed by atoms with E-state index in [0.29, 0.717) is 6.04 Å². The lowest BCUT2D eigenvalue weighted by Gasteiger charge is -2.26. The normalized spacial score (nSPS) is 21.8. The maximum Gasteiger partial charge on any atom is 0.0309 e. The topological polar surface area (TPSA) is 38.0 Å². The van der Waals surface area contributed by atoms with E-state index in [1.165, 1.54) is 43.2 Å². The van der Waals surface area contributed by atoms with Gasteiger partial charge >= 0.3 is 0 Å². The Morgan fingerprint density at radius 2 is 2.06 bits per heavy atom. The van der Waals surface area contributed by atoms with E-state index >= 15 is 0 Å². The first-order chi connectivity index (χ1) is 8.79. The van der Waals surface area contributed by atoms with E-state index < -0.39 is 0 Å². The summed E-state index contributed by atoms with van der Waals surface area (Å²) >= 11 is 0. The van der Waals surface area contributed by atoms with Crippen LogP contribution in [0, 0.1) is 0 Å². The monoisotopic (exact) mass is 246 g/mol. The third kappa shape index (κ3) is 3.82. The largest absolute Gasteiger partial charge is 0.324 e. The van der Waals surface area contributed by atoms with E-state index in [1.807, 2.05) is 0 Å². The number of hydrogen-bond donors (Lipinski definition) is 2. The maximum atomic E-state index is 6.31. The number of benzene rings is 1. The molecule has 0 amide bonds. The predicted molar refractivity (Wildman–Crippen MR) is 77.6 cm³/mol. The molecule has 1 aliphatic heterocycles. The maximum absolute atomic E-state index is 6.31. The van der Waals surface area contributed by atoms with Crippen LogP contribution in [0.3, 0.4) is 0 Å². The predicted octanol–water partition coefficient (Wildman–Crippen LogP) is 3.17. The lowest BCUT2D eigenvalue weighted by molar-refractivity contribution is 0.362. The zero-order valence-electron chi connectivity index (χ0n) is 11.5. The second-order valence-corrected chi connectivity index (χ2v) is 5.48. The molecule has 1 fully saturated rings. The van der Waals surface area contributed by atoms with Gasteiger partial charge in [0.25, 0.3) is 0 Å². The van der Waals surface area contributed by atoms with Gasteiger partial charge in [-0.2, -0.15) is 0 Å². The van der Waals surface area contributed by atoms with Crippen LogP contribution in [-0.4, -0.2) is 12.6 Å². The molecule has 2 atom stereocenters. The summed E-state index contributed by atoms with van der Waals surface area (Å²) in [6.07, 6.45) is 7.38. The van der Waals surface area contributed by atoms with Gasteiger partial charge in [-0.3, -0.25) is 0 Å². The van der Waals surface area contributed by atoms with Crippen molar-refractivity contribution in [3.63, 3.8) is 0 Å². The van der Waals surface area contributed by atoms with Crippen molar-refractivity contribution < 1.29 is 0 Å². The Bertz CT molecular complexity index is 339. The molecule has 18 heavy (non-hydrogen) atoms. The Morgan fingerprint density at radius 1 is 1.28 bits per heavy atom. The molecule has 3 N–H and O–H groups in total. The van der Waals surface area contributed by atoms with Crippen molar-refractivity contribution in [3.8, 4) is 0 Å². The van der Waals surface area contributed by atoms with Gasteiger partial charge in [0.05, 0.1) is 0 Å². The fraction of sp³-hybridized carbons (Fsp3) is 0.625. The van der Waals surface area contributed by atoms with E-state index in [1.54, 1.807) is 0 Å². The van der Waals surface area contributed by atoms with Crippen LogP contribution in [0.2, 0.25) is 0 Å². The second-order valence-electron chi connectivity index (χ2n) is 5.48. The quantitative estimate of drug-likeness (QED) is 0.837. The van der Waals surface area contributed by atoms with Gasteiger partial charge in [0.2, 0.25) is 0 Å². The minimum atomic E-state index is 0.177. The molecule has 1 saturated heterocycles. The number of piperidine rings is 1. The molecule has 0 bridgehead atoms. The summed E-state index contributed by atoms with van der Waals surface area (Å²) in [6, 6.07) is 9.66. The average Bonchev–Trinajstić information content (AvgIpc) is 2.41. The lowest BCUT2D eigenvalue weighted by Crippen LogP contribution is -2.36. The molecule has 1 aromatic carbocycles. The van der Waals surface area contributed by atoms with Crippen LogP contribution >= 0.6 is 0 Å². The summed E-state index contributed by atoms with van der Waals surface area (Å²) in [7, 11) is 0. The molecule has 2 unspecified atom stereocenters. The Balaban J connectivity index is 1.89. The summed E-state index contributed by atoms with van der Waals surface area (Å²) < 4.78 is 0. The Kier molecular flexibility index (Phi) is 5.21. The van der Waals surface area contributed by atoms with Gasteiger partial charge in [-0.15, -0.1) is 0 Å². The molecule has 0 spiro atoms. The van der Waals surface area contributed by atoms with Crippen LogP contribution in [0.15, 0.2) is 24.3 Å².